The van der Waals surface area contributed by atoms with Crippen molar-refractivity contribution >= 4 is 10.9 Å². The lowest BCUT2D eigenvalue weighted by atomic mass is 9.86. The number of nitrogens with one attached hydrogen (secondary N) is 2. The minimum absolute atomic E-state index is 0.464. The fourth-order valence-corrected chi connectivity index (χ4v) is 4.13. The van der Waals surface area contributed by atoms with Crippen molar-refractivity contribution in [3.05, 3.63) is 83.6 Å². The molecule has 0 aliphatic carbocycles. The van der Waals surface area contributed by atoms with Crippen LogP contribution in [0.1, 0.15) is 41.9 Å². The topological polar surface area (TPSA) is 51.6 Å². The highest BCUT2D eigenvalue weighted by molar-refractivity contribution is 5.84. The van der Waals surface area contributed by atoms with Crippen molar-refractivity contribution in [2.24, 2.45) is 0 Å². The van der Waals surface area contributed by atoms with E-state index in [9.17, 15) is 0 Å². The minimum atomic E-state index is 0.464. The van der Waals surface area contributed by atoms with E-state index in [2.05, 4.69) is 65.1 Å². The summed E-state index contributed by atoms with van der Waals surface area (Å²) in [6.45, 7) is 0.966. The maximum atomic E-state index is 9.13. The summed E-state index contributed by atoms with van der Waals surface area (Å²) in [7, 11) is 0. The second-order valence-electron chi connectivity index (χ2n) is 7.31. The second-order valence-corrected chi connectivity index (χ2v) is 7.31. The predicted molar refractivity (Wildman–Crippen MR) is 111 cm³/mol. The van der Waals surface area contributed by atoms with Crippen LogP contribution in [0, 0.1) is 11.3 Å². The largest absolute Gasteiger partial charge is 0.361 e. The molecular weight excluding hydrogens is 330 g/mol. The predicted octanol–water partition coefficient (Wildman–Crippen LogP) is 5.06. The van der Waals surface area contributed by atoms with Gasteiger partial charge in [-0.15, -0.1) is 0 Å². The number of fused-ring (bicyclic) bond motifs is 1. The Morgan fingerprint density at radius 3 is 2.81 bits per heavy atom. The monoisotopic (exact) mass is 355 g/mol. The molecule has 2 heterocycles. The molecule has 3 aromatic rings. The summed E-state index contributed by atoms with van der Waals surface area (Å²) < 4.78 is 0. The summed E-state index contributed by atoms with van der Waals surface area (Å²) in [6, 6.07) is 19.4. The number of aromatic nitrogens is 1. The third-order valence-corrected chi connectivity index (χ3v) is 5.57. The van der Waals surface area contributed by atoms with Crippen LogP contribution >= 0.6 is 0 Å². The van der Waals surface area contributed by atoms with Gasteiger partial charge in [0.25, 0.3) is 0 Å². The highest BCUT2D eigenvalue weighted by atomic mass is 14.9. The number of unbranched alkanes of at least 4 members (excludes halogenated alkanes) is 1. The minimum Gasteiger partial charge on any atom is -0.361 e. The normalized spacial score (nSPS) is 19.2. The van der Waals surface area contributed by atoms with Gasteiger partial charge in [-0.2, -0.15) is 5.26 Å². The Labute approximate surface area is 160 Å². The lowest BCUT2D eigenvalue weighted by molar-refractivity contribution is 0.432. The number of aromatic amines is 1. The molecule has 1 aromatic heterocycles. The number of H-pyrrole nitrogens is 1. The van der Waals surface area contributed by atoms with Gasteiger partial charge in [0.15, 0.2) is 0 Å². The van der Waals surface area contributed by atoms with Crippen molar-refractivity contribution in [3.63, 3.8) is 0 Å². The maximum absolute atomic E-state index is 9.13. The summed E-state index contributed by atoms with van der Waals surface area (Å²) in [5, 5.41) is 14.0. The molecule has 0 saturated carbocycles. The van der Waals surface area contributed by atoms with Gasteiger partial charge in [-0.05, 0) is 48.6 Å². The van der Waals surface area contributed by atoms with E-state index in [0.29, 0.717) is 12.0 Å². The molecule has 0 fully saturated rings. The van der Waals surface area contributed by atoms with E-state index in [1.807, 2.05) is 18.2 Å². The van der Waals surface area contributed by atoms with Gasteiger partial charge in [0.05, 0.1) is 11.6 Å². The van der Waals surface area contributed by atoms with E-state index >= 15 is 0 Å². The number of rotatable bonds is 6. The van der Waals surface area contributed by atoms with Crippen LogP contribution in [0.4, 0.5) is 0 Å². The molecule has 0 bridgehead atoms. The van der Waals surface area contributed by atoms with Crippen molar-refractivity contribution in [1.29, 1.82) is 5.26 Å². The van der Waals surface area contributed by atoms with Crippen LogP contribution in [0.3, 0.4) is 0 Å². The molecule has 1 aliphatic rings. The van der Waals surface area contributed by atoms with Gasteiger partial charge in [-0.1, -0.05) is 48.9 Å². The fourth-order valence-electron chi connectivity index (χ4n) is 4.13. The second kappa shape index (κ2) is 8.24. The average Bonchev–Trinajstić information content (AvgIpc) is 3.14. The van der Waals surface area contributed by atoms with Crippen LogP contribution < -0.4 is 5.32 Å². The third kappa shape index (κ3) is 3.97. The van der Waals surface area contributed by atoms with E-state index < -0.39 is 0 Å². The SMILES string of the molecule is N#Cc1ccc2[nH]cc(CCCCC3NCC=CC3c3ccccc3)c2c1. The third-order valence-electron chi connectivity index (χ3n) is 5.57. The molecule has 136 valence electrons. The van der Waals surface area contributed by atoms with E-state index in [-0.39, 0.29) is 0 Å². The lowest BCUT2D eigenvalue weighted by Gasteiger charge is -2.29. The van der Waals surface area contributed by atoms with Gasteiger partial charge in [0.1, 0.15) is 0 Å². The average molecular weight is 355 g/mol. The molecule has 0 radical (unpaired) electrons. The molecule has 1 aliphatic heterocycles. The molecule has 2 unspecified atom stereocenters. The van der Waals surface area contributed by atoms with Crippen LogP contribution in [0.5, 0.6) is 0 Å². The van der Waals surface area contributed by atoms with Gasteiger partial charge in [0.2, 0.25) is 0 Å². The lowest BCUT2D eigenvalue weighted by Crippen LogP contribution is -2.37. The molecular formula is C24H25N3. The number of nitriles is 1. The number of hydrogen-bond donors (Lipinski definition) is 2. The highest BCUT2D eigenvalue weighted by Gasteiger charge is 2.22. The van der Waals surface area contributed by atoms with E-state index in [1.54, 1.807) is 0 Å². The van der Waals surface area contributed by atoms with Crippen LogP contribution in [0.15, 0.2) is 66.9 Å². The zero-order chi connectivity index (χ0) is 18.5. The smallest absolute Gasteiger partial charge is 0.0991 e. The summed E-state index contributed by atoms with van der Waals surface area (Å²) in [6.07, 6.45) is 11.3. The first-order chi connectivity index (χ1) is 13.3. The molecule has 2 aromatic carbocycles. The van der Waals surface area contributed by atoms with Gasteiger partial charge < -0.3 is 10.3 Å². The molecule has 0 saturated heterocycles. The maximum Gasteiger partial charge on any atom is 0.0991 e. The van der Waals surface area contributed by atoms with Crippen molar-refractivity contribution in [1.82, 2.24) is 10.3 Å². The molecule has 4 rings (SSSR count). The van der Waals surface area contributed by atoms with Crippen LogP contribution in [0.25, 0.3) is 10.9 Å². The number of nitrogens with zero attached hydrogens (tertiary/aromatic N) is 1. The van der Waals surface area contributed by atoms with Crippen LogP contribution in [0.2, 0.25) is 0 Å². The molecule has 0 spiro atoms. The molecule has 3 nitrogen and oxygen atoms in total. The quantitative estimate of drug-likeness (QED) is 0.479. The molecule has 2 atom stereocenters. The summed E-state index contributed by atoms with van der Waals surface area (Å²) >= 11 is 0. The zero-order valence-electron chi connectivity index (χ0n) is 15.5. The fraction of sp³-hybridized carbons (Fsp3) is 0.292. The highest BCUT2D eigenvalue weighted by Crippen LogP contribution is 2.27. The van der Waals surface area contributed by atoms with Gasteiger partial charge >= 0.3 is 0 Å². The Bertz CT molecular complexity index is 962. The van der Waals surface area contributed by atoms with E-state index in [1.165, 1.54) is 29.4 Å². The Morgan fingerprint density at radius 1 is 1.07 bits per heavy atom. The molecule has 0 amide bonds. The molecule has 3 heteroatoms. The Kier molecular flexibility index (Phi) is 5.37. The number of hydrogen-bond acceptors (Lipinski definition) is 2. The van der Waals surface area contributed by atoms with Crippen molar-refractivity contribution < 1.29 is 0 Å². The first-order valence-electron chi connectivity index (χ1n) is 9.80. The number of benzene rings is 2. The van der Waals surface area contributed by atoms with Gasteiger partial charge in [0, 0.05) is 35.6 Å². The van der Waals surface area contributed by atoms with E-state index in [4.69, 9.17) is 5.26 Å². The Balaban J connectivity index is 1.36. The van der Waals surface area contributed by atoms with Crippen molar-refractivity contribution in [2.45, 2.75) is 37.6 Å². The van der Waals surface area contributed by atoms with Crippen molar-refractivity contribution in [2.75, 3.05) is 6.54 Å². The zero-order valence-corrected chi connectivity index (χ0v) is 15.5. The molecule has 27 heavy (non-hydrogen) atoms. The summed E-state index contributed by atoms with van der Waals surface area (Å²) in [4.78, 5) is 3.33. The van der Waals surface area contributed by atoms with Gasteiger partial charge in [-0.3, -0.25) is 0 Å². The van der Waals surface area contributed by atoms with Crippen LogP contribution in [-0.4, -0.2) is 17.6 Å². The number of aryl methyl sites for hydroxylation is 1. The first kappa shape index (κ1) is 17.6. The van der Waals surface area contributed by atoms with E-state index in [0.717, 1.165) is 30.5 Å². The summed E-state index contributed by atoms with van der Waals surface area (Å²) in [5.41, 5.74) is 4.56. The van der Waals surface area contributed by atoms with Crippen molar-refractivity contribution in [3.8, 4) is 6.07 Å². The van der Waals surface area contributed by atoms with Gasteiger partial charge in [-0.25, -0.2) is 0 Å². The van der Waals surface area contributed by atoms with Crippen LogP contribution in [-0.2, 0) is 6.42 Å². The standard InChI is InChI=1S/C24H25N3/c25-16-18-12-13-24-22(15-18)20(17-27-24)9-4-5-11-23-21(10-6-14-26-23)19-7-2-1-3-8-19/h1-3,6-8,10,12-13,15,17,21,23,26-27H,4-5,9,11,14H2. The summed E-state index contributed by atoms with van der Waals surface area (Å²) in [5.74, 6) is 0.464. The Hall–Kier alpha value is -2.83. The Morgan fingerprint density at radius 2 is 1.96 bits per heavy atom. The first-order valence-corrected chi connectivity index (χ1v) is 9.80. The molecule has 2 N–H and O–H groups in total.